The van der Waals surface area contributed by atoms with Gasteiger partial charge in [-0.1, -0.05) is 48.7 Å². The zero-order valence-corrected chi connectivity index (χ0v) is 37.1. The van der Waals surface area contributed by atoms with Gasteiger partial charge in [0.1, 0.15) is 50.9 Å². The number of likely N-dealkylation sites (tertiary alicyclic amines) is 1. The number of allylic oxidation sites excluding steroid dienone is 1. The lowest BCUT2D eigenvalue weighted by molar-refractivity contribution is -0.141. The fraction of sp³-hybridized carbons (Fsp3) is 0.545. The number of piperidine rings is 1. The largest absolute Gasteiger partial charge is 0.495 e. The molecule has 2 aromatic heterocycles. The number of fused-ring (bicyclic) bond motifs is 3. The highest BCUT2D eigenvalue weighted by molar-refractivity contribution is 7.91. The lowest BCUT2D eigenvalue weighted by Crippen LogP contribution is -2.59. The monoisotopic (exact) mass is 905 g/mol. The summed E-state index contributed by atoms with van der Waals surface area (Å²) in [6.07, 6.45) is 11.1. The van der Waals surface area contributed by atoms with E-state index in [1.54, 1.807) is 23.1 Å². The van der Waals surface area contributed by atoms with Gasteiger partial charge in [-0.25, -0.2) is 23.2 Å². The van der Waals surface area contributed by atoms with Crippen LogP contribution in [-0.2, 0) is 24.4 Å². The molecule has 0 unspecified atom stereocenters. The molecule has 3 aromatic rings. The van der Waals surface area contributed by atoms with Crippen molar-refractivity contribution in [2.24, 2.45) is 5.92 Å². The maximum atomic E-state index is 14.9. The number of nitrogens with one attached hydrogen (secondary N) is 3. The summed E-state index contributed by atoms with van der Waals surface area (Å²) in [4.78, 5) is 70.2. The minimum Gasteiger partial charge on any atom is -0.495 e. The average molecular weight is 907 g/mol. The Morgan fingerprint density at radius 3 is 2.58 bits per heavy atom. The van der Waals surface area contributed by atoms with E-state index in [0.717, 1.165) is 37.0 Å². The summed E-state index contributed by atoms with van der Waals surface area (Å²) in [6.45, 7) is 5.02. The molecule has 1 aromatic carbocycles. The Kier molecular flexibility index (Phi) is 11.7. The summed E-state index contributed by atoms with van der Waals surface area (Å²) in [5.74, 6) is -0.989. The van der Waals surface area contributed by atoms with Crippen LogP contribution in [-0.4, -0.2) is 108 Å². The standard InChI is InChI=1S/C44H52ClN7O8S2/c1-25-16-18-51(19-17-25)43(56)48-31-9-7-5-3-4-6-8-27-22-44(27,42(55)50-62(57,58)29-12-13-29)49-39(53)34-20-28(23-52(34)41(31)54)60-36-21-32(40-47-33(24-61-40)26-10-11-26)46-38-30(36)14-15-35(59-2)37(38)45/h6,8,14-15,21,24,26-29,31,34H,1,3-5,7,9-13,16-20,22-23H2,2H3,(H,48,56)(H,49,53)(H,50,55)/b8-6-/t27-,28-,31+,34+,44-/m1/s1. The van der Waals surface area contributed by atoms with Gasteiger partial charge in [-0.05, 0) is 76.3 Å². The first kappa shape index (κ1) is 42.6. The Morgan fingerprint density at radius 1 is 1.05 bits per heavy atom. The number of hydrogen-bond donors (Lipinski definition) is 3. The molecule has 0 spiro atoms. The molecule has 0 bridgehead atoms. The van der Waals surface area contributed by atoms with E-state index in [-0.39, 0.29) is 25.4 Å². The number of rotatable bonds is 9. The molecule has 3 aliphatic heterocycles. The Balaban J connectivity index is 1.05. The number of thiazole rings is 1. The number of nitrogens with zero attached hydrogens (tertiary/aromatic N) is 4. The molecule has 2 saturated heterocycles. The molecule has 5 fully saturated rings. The maximum Gasteiger partial charge on any atom is 0.318 e. The highest BCUT2D eigenvalue weighted by Gasteiger charge is 2.62. The van der Waals surface area contributed by atoms with E-state index in [1.807, 2.05) is 17.5 Å². The summed E-state index contributed by atoms with van der Waals surface area (Å²) >= 11 is 8.36. The molecule has 0 radical (unpaired) electrons. The number of aromatic nitrogens is 2. The third-order valence-corrected chi connectivity index (χ3v) is 16.1. The number of halogens is 1. The van der Waals surface area contributed by atoms with Crippen molar-refractivity contribution in [2.75, 3.05) is 26.7 Å². The van der Waals surface area contributed by atoms with Crippen LogP contribution < -0.4 is 24.8 Å². The Morgan fingerprint density at radius 2 is 1.84 bits per heavy atom. The van der Waals surface area contributed by atoms with E-state index >= 15 is 0 Å². The Bertz CT molecular complexity index is 2440. The van der Waals surface area contributed by atoms with Crippen LogP contribution in [0.1, 0.15) is 95.1 Å². The molecule has 3 N–H and O–H groups in total. The number of carbonyl (C=O) groups is 4. The van der Waals surface area contributed by atoms with Crippen LogP contribution in [0.3, 0.4) is 0 Å². The van der Waals surface area contributed by atoms with Gasteiger partial charge in [0.2, 0.25) is 21.8 Å². The van der Waals surface area contributed by atoms with Gasteiger partial charge >= 0.3 is 6.03 Å². The first-order valence-corrected chi connectivity index (χ1v) is 24.5. The van der Waals surface area contributed by atoms with Gasteiger partial charge in [-0.15, -0.1) is 11.3 Å². The van der Waals surface area contributed by atoms with Gasteiger partial charge in [0.15, 0.2) is 0 Å². The summed E-state index contributed by atoms with van der Waals surface area (Å²) < 4.78 is 40.6. The van der Waals surface area contributed by atoms with E-state index in [4.69, 9.17) is 31.0 Å². The average Bonchev–Trinajstić information content (AvgIpc) is 4.21. The predicted octanol–water partition coefficient (Wildman–Crippen LogP) is 5.98. The van der Waals surface area contributed by atoms with Crippen molar-refractivity contribution in [1.82, 2.24) is 35.1 Å². The summed E-state index contributed by atoms with van der Waals surface area (Å²) in [5.41, 5.74) is 1.56. The normalized spacial score (nSPS) is 27.6. The van der Waals surface area contributed by atoms with Crippen LogP contribution in [0.2, 0.25) is 5.02 Å². The first-order chi connectivity index (χ1) is 29.8. The van der Waals surface area contributed by atoms with Gasteiger partial charge in [-0.3, -0.25) is 19.1 Å². The van der Waals surface area contributed by atoms with Gasteiger partial charge < -0.3 is 29.9 Å². The van der Waals surface area contributed by atoms with Crippen LogP contribution in [0.15, 0.2) is 47.9 Å². The van der Waals surface area contributed by atoms with Crippen molar-refractivity contribution in [1.29, 1.82) is 0 Å². The highest BCUT2D eigenvalue weighted by Crippen LogP contribution is 2.47. The fourth-order valence-electron chi connectivity index (χ4n) is 8.84. The number of amides is 5. The molecule has 6 aliphatic rings. The maximum absolute atomic E-state index is 14.9. The molecule has 5 heterocycles. The van der Waals surface area contributed by atoms with Crippen molar-refractivity contribution >= 4 is 67.6 Å². The summed E-state index contributed by atoms with van der Waals surface area (Å²) in [5, 5.41) is 8.94. The van der Waals surface area contributed by atoms with Gasteiger partial charge in [0, 0.05) is 48.2 Å². The second-order valence-corrected chi connectivity index (χ2v) is 20.8. The molecule has 62 heavy (non-hydrogen) atoms. The Labute approximate surface area is 370 Å². The zero-order chi connectivity index (χ0) is 43.3. The third-order valence-electron chi connectivity index (χ3n) is 13.0. The number of methoxy groups -OCH3 is 1. The van der Waals surface area contributed by atoms with E-state index in [0.29, 0.717) is 102 Å². The van der Waals surface area contributed by atoms with Gasteiger partial charge in [0.25, 0.3) is 5.91 Å². The zero-order valence-electron chi connectivity index (χ0n) is 34.7. The number of pyridine rings is 1. The topological polar surface area (TPSA) is 189 Å². The van der Waals surface area contributed by atoms with Crippen LogP contribution in [0.25, 0.3) is 21.6 Å². The summed E-state index contributed by atoms with van der Waals surface area (Å²) in [7, 11) is -2.39. The number of carbonyl (C=O) groups excluding carboxylic acids is 4. The van der Waals surface area contributed by atoms with Crippen molar-refractivity contribution in [3.8, 4) is 22.2 Å². The second kappa shape index (κ2) is 17.1. The minimum absolute atomic E-state index is 0.0163. The smallest absolute Gasteiger partial charge is 0.318 e. The third kappa shape index (κ3) is 8.76. The number of hydrogen-bond acceptors (Lipinski definition) is 11. The second-order valence-electron chi connectivity index (χ2n) is 17.6. The van der Waals surface area contributed by atoms with Crippen molar-refractivity contribution in [3.05, 3.63) is 58.6 Å². The van der Waals surface area contributed by atoms with Crippen LogP contribution in [0.5, 0.6) is 11.5 Å². The van der Waals surface area contributed by atoms with E-state index in [9.17, 15) is 27.6 Å². The molecule has 5 amide bonds. The number of benzene rings is 1. The lowest BCUT2D eigenvalue weighted by atomic mass is 10.0. The van der Waals surface area contributed by atoms with Crippen molar-refractivity contribution in [3.63, 3.8) is 0 Å². The molecule has 9 rings (SSSR count). The number of ether oxygens (including phenoxy) is 2. The molecular weight excluding hydrogens is 854 g/mol. The van der Waals surface area contributed by atoms with Crippen LogP contribution in [0, 0.1) is 5.92 Å². The predicted molar refractivity (Wildman–Crippen MR) is 234 cm³/mol. The molecule has 3 aliphatic carbocycles. The fourth-order valence-corrected chi connectivity index (χ4v) is 11.3. The molecule has 5 atom stereocenters. The molecule has 15 nitrogen and oxygen atoms in total. The number of sulfonamides is 1. The Hall–Kier alpha value is -4.74. The highest BCUT2D eigenvalue weighted by atomic mass is 35.5. The van der Waals surface area contributed by atoms with E-state index in [2.05, 4.69) is 21.9 Å². The van der Waals surface area contributed by atoms with Crippen LogP contribution in [0.4, 0.5) is 4.79 Å². The molecule has 3 saturated carbocycles. The van der Waals surface area contributed by atoms with Crippen molar-refractivity contribution < 1.29 is 37.1 Å². The number of urea groups is 1. The van der Waals surface area contributed by atoms with E-state index in [1.165, 1.54) is 23.3 Å². The van der Waals surface area contributed by atoms with Gasteiger partial charge in [-0.2, -0.15) is 0 Å². The lowest BCUT2D eigenvalue weighted by Gasteiger charge is -2.32. The SMILES string of the molecule is C=C1CCN(C(=O)N[C@H]2CCCCC/C=C\[C@@H]3C[C@@]3(C(=O)NS(=O)(=O)C3CC3)NC(=O)[C@@H]3C[C@@H](Oc4cc(-c5nc(C6CC6)cs5)nc5c(Cl)c(OC)ccc45)CN3C2=O)CC1. The molecule has 18 heteroatoms. The van der Waals surface area contributed by atoms with Gasteiger partial charge in [0.05, 0.1) is 30.1 Å². The quantitative estimate of drug-likeness (QED) is 0.216. The van der Waals surface area contributed by atoms with Crippen LogP contribution >= 0.6 is 22.9 Å². The van der Waals surface area contributed by atoms with E-state index < -0.39 is 62.6 Å². The summed E-state index contributed by atoms with van der Waals surface area (Å²) in [6, 6.07) is 2.91. The first-order valence-electron chi connectivity index (χ1n) is 21.7. The molecular formula is C44H52ClN7O8S2. The minimum atomic E-state index is -3.92. The van der Waals surface area contributed by atoms with Crippen molar-refractivity contribution in [2.45, 2.75) is 118 Å². The molecule has 330 valence electrons.